The molecule has 3 heteroatoms. The second-order valence-electron chi connectivity index (χ2n) is 5.52. The van der Waals surface area contributed by atoms with Gasteiger partial charge in [0.05, 0.1) is 17.2 Å². The summed E-state index contributed by atoms with van der Waals surface area (Å²) >= 11 is 0. The predicted molar refractivity (Wildman–Crippen MR) is 67.4 cm³/mol. The van der Waals surface area contributed by atoms with Crippen LogP contribution in [-0.4, -0.2) is 9.78 Å². The second-order valence-corrected chi connectivity index (χ2v) is 5.52. The van der Waals surface area contributed by atoms with Crippen molar-refractivity contribution < 1.29 is 0 Å². The van der Waals surface area contributed by atoms with E-state index in [9.17, 15) is 5.26 Å². The van der Waals surface area contributed by atoms with Gasteiger partial charge in [0.1, 0.15) is 0 Å². The van der Waals surface area contributed by atoms with Crippen LogP contribution in [0, 0.1) is 22.7 Å². The Bertz CT molecular complexity index is 441. The fourth-order valence-electron chi connectivity index (χ4n) is 2.95. The summed E-state index contributed by atoms with van der Waals surface area (Å²) in [6.07, 6.45) is 5.08. The minimum Gasteiger partial charge on any atom is -0.272 e. The lowest BCUT2D eigenvalue weighted by atomic mass is 9.82. The van der Waals surface area contributed by atoms with E-state index >= 15 is 0 Å². The highest BCUT2D eigenvalue weighted by Crippen LogP contribution is 2.43. The van der Waals surface area contributed by atoms with Gasteiger partial charge in [-0.1, -0.05) is 13.8 Å². The zero-order chi connectivity index (χ0) is 12.5. The van der Waals surface area contributed by atoms with Crippen molar-refractivity contribution in [3.05, 3.63) is 17.5 Å². The minimum absolute atomic E-state index is 0.141. The van der Waals surface area contributed by atoms with Gasteiger partial charge >= 0.3 is 0 Å². The van der Waals surface area contributed by atoms with Crippen molar-refractivity contribution in [3.8, 4) is 6.07 Å². The van der Waals surface area contributed by atoms with Crippen molar-refractivity contribution in [2.24, 2.45) is 18.4 Å². The fourth-order valence-corrected chi connectivity index (χ4v) is 2.95. The Labute approximate surface area is 103 Å². The summed E-state index contributed by atoms with van der Waals surface area (Å²) in [5.41, 5.74) is 2.19. The Hall–Kier alpha value is -1.30. The maximum absolute atomic E-state index is 9.47. The quantitative estimate of drug-likeness (QED) is 0.802. The lowest BCUT2D eigenvalue weighted by Crippen LogP contribution is -2.19. The molecule has 3 nitrogen and oxygen atoms in total. The molecule has 1 heterocycles. The molecule has 1 saturated carbocycles. The number of hydrogen-bond acceptors (Lipinski definition) is 2. The van der Waals surface area contributed by atoms with Gasteiger partial charge in [-0.25, -0.2) is 0 Å². The molecule has 0 N–H and O–H groups in total. The summed E-state index contributed by atoms with van der Waals surface area (Å²) in [6.45, 7) is 4.36. The van der Waals surface area contributed by atoms with Gasteiger partial charge in [0.15, 0.2) is 0 Å². The van der Waals surface area contributed by atoms with Crippen LogP contribution >= 0.6 is 0 Å². The molecule has 1 fully saturated rings. The van der Waals surface area contributed by atoms with E-state index in [1.807, 2.05) is 11.7 Å². The van der Waals surface area contributed by atoms with Crippen molar-refractivity contribution in [3.63, 3.8) is 0 Å². The van der Waals surface area contributed by atoms with E-state index in [1.54, 1.807) is 0 Å². The van der Waals surface area contributed by atoms with Gasteiger partial charge in [-0.2, -0.15) is 10.4 Å². The second kappa shape index (κ2) is 4.52. The Morgan fingerprint density at radius 2 is 2.41 bits per heavy atom. The molecule has 92 valence electrons. The lowest BCUT2D eigenvalue weighted by molar-refractivity contribution is 0.380. The minimum atomic E-state index is -0.141. The largest absolute Gasteiger partial charge is 0.272 e. The Balaban J connectivity index is 2.19. The highest BCUT2D eigenvalue weighted by Gasteiger charge is 2.38. The normalized spacial score (nSPS) is 28.2. The molecule has 0 radical (unpaired) electrons. The van der Waals surface area contributed by atoms with Crippen LogP contribution < -0.4 is 0 Å². The third-order valence-electron chi connectivity index (χ3n) is 4.00. The van der Waals surface area contributed by atoms with E-state index in [2.05, 4.69) is 31.1 Å². The van der Waals surface area contributed by atoms with Crippen molar-refractivity contribution in [2.45, 2.75) is 46.0 Å². The SMILES string of the molecule is CCc1cc(CC2(C#N)CCC(C)C2)n(C)n1. The number of aromatic nitrogens is 2. The molecule has 1 aliphatic carbocycles. The summed E-state index contributed by atoms with van der Waals surface area (Å²) in [7, 11) is 1.98. The standard InChI is InChI=1S/C14H21N3/c1-4-12-7-13(17(3)16-12)9-14(10-15)6-5-11(2)8-14/h7,11H,4-6,8-9H2,1-3H3. The monoisotopic (exact) mass is 231 g/mol. The van der Waals surface area contributed by atoms with Crippen LogP contribution in [0.15, 0.2) is 6.07 Å². The van der Waals surface area contributed by atoms with Gasteiger partial charge in [-0.15, -0.1) is 0 Å². The van der Waals surface area contributed by atoms with Crippen LogP contribution in [0.3, 0.4) is 0 Å². The van der Waals surface area contributed by atoms with Gasteiger partial charge in [0.25, 0.3) is 0 Å². The molecule has 1 aliphatic rings. The molecule has 0 amide bonds. The van der Waals surface area contributed by atoms with Crippen molar-refractivity contribution in [2.75, 3.05) is 0 Å². The number of nitrogens with zero attached hydrogens (tertiary/aromatic N) is 3. The molecule has 0 spiro atoms. The molecular weight excluding hydrogens is 210 g/mol. The molecule has 0 saturated heterocycles. The third-order valence-corrected chi connectivity index (χ3v) is 4.00. The molecule has 2 atom stereocenters. The van der Waals surface area contributed by atoms with Crippen LogP contribution in [0.1, 0.15) is 44.5 Å². The van der Waals surface area contributed by atoms with E-state index < -0.39 is 0 Å². The molecule has 0 bridgehead atoms. The summed E-state index contributed by atoms with van der Waals surface area (Å²) in [4.78, 5) is 0. The molecule has 2 rings (SSSR count). The third kappa shape index (κ3) is 2.36. The van der Waals surface area contributed by atoms with E-state index in [4.69, 9.17) is 0 Å². The molecule has 0 aromatic carbocycles. The molecule has 1 aromatic heterocycles. The number of aryl methyl sites for hydroxylation is 2. The summed E-state index contributed by atoms with van der Waals surface area (Å²) < 4.78 is 1.95. The summed E-state index contributed by atoms with van der Waals surface area (Å²) in [6, 6.07) is 4.72. The Kier molecular flexibility index (Phi) is 3.24. The fraction of sp³-hybridized carbons (Fsp3) is 0.714. The summed E-state index contributed by atoms with van der Waals surface area (Å²) in [5.74, 6) is 0.688. The van der Waals surface area contributed by atoms with Crippen molar-refractivity contribution in [1.29, 1.82) is 5.26 Å². The van der Waals surface area contributed by atoms with E-state index in [0.717, 1.165) is 31.4 Å². The number of rotatable bonds is 3. The first-order valence-electron chi connectivity index (χ1n) is 6.51. The molecule has 17 heavy (non-hydrogen) atoms. The van der Waals surface area contributed by atoms with Crippen LogP contribution in [0.25, 0.3) is 0 Å². The molecule has 0 aliphatic heterocycles. The maximum atomic E-state index is 9.47. The first kappa shape index (κ1) is 12.2. The van der Waals surface area contributed by atoms with Gasteiger partial charge in [0, 0.05) is 19.2 Å². The van der Waals surface area contributed by atoms with E-state index in [-0.39, 0.29) is 5.41 Å². The Morgan fingerprint density at radius 1 is 1.65 bits per heavy atom. The zero-order valence-corrected chi connectivity index (χ0v) is 11.0. The topological polar surface area (TPSA) is 41.6 Å². The molecule has 1 aromatic rings. The van der Waals surface area contributed by atoms with Gasteiger partial charge in [-0.05, 0) is 37.7 Å². The first-order valence-corrected chi connectivity index (χ1v) is 6.51. The number of hydrogen-bond donors (Lipinski definition) is 0. The zero-order valence-electron chi connectivity index (χ0n) is 11.0. The highest BCUT2D eigenvalue weighted by molar-refractivity contribution is 5.17. The van der Waals surface area contributed by atoms with Crippen LogP contribution in [0.4, 0.5) is 0 Å². The number of nitriles is 1. The Morgan fingerprint density at radius 3 is 2.88 bits per heavy atom. The summed E-state index contributed by atoms with van der Waals surface area (Å²) in [5, 5.41) is 13.9. The van der Waals surface area contributed by atoms with Crippen LogP contribution in [0.2, 0.25) is 0 Å². The van der Waals surface area contributed by atoms with Crippen LogP contribution in [0.5, 0.6) is 0 Å². The average molecular weight is 231 g/mol. The van der Waals surface area contributed by atoms with Gasteiger partial charge in [-0.3, -0.25) is 4.68 Å². The maximum Gasteiger partial charge on any atom is 0.0693 e. The average Bonchev–Trinajstić information content (AvgIpc) is 2.85. The molecule has 2 unspecified atom stereocenters. The van der Waals surface area contributed by atoms with Gasteiger partial charge in [0.2, 0.25) is 0 Å². The van der Waals surface area contributed by atoms with E-state index in [1.165, 1.54) is 12.1 Å². The lowest BCUT2D eigenvalue weighted by Gasteiger charge is -2.20. The van der Waals surface area contributed by atoms with Gasteiger partial charge < -0.3 is 0 Å². The van der Waals surface area contributed by atoms with Crippen molar-refractivity contribution in [1.82, 2.24) is 9.78 Å². The highest BCUT2D eigenvalue weighted by atomic mass is 15.3. The van der Waals surface area contributed by atoms with Crippen LogP contribution in [-0.2, 0) is 19.9 Å². The predicted octanol–water partition coefficient (Wildman–Crippen LogP) is 2.85. The van der Waals surface area contributed by atoms with Crippen molar-refractivity contribution >= 4 is 0 Å². The van der Waals surface area contributed by atoms with E-state index in [0.29, 0.717) is 5.92 Å². The smallest absolute Gasteiger partial charge is 0.0693 e. The molecular formula is C14H21N3. The first-order chi connectivity index (χ1) is 8.08.